The molecule has 8 heavy (non-hydrogen) atoms. The Morgan fingerprint density at radius 3 is 2.88 bits per heavy atom. The molecule has 0 atom stereocenters. The number of hydrogen-bond acceptors (Lipinski definition) is 2. The summed E-state index contributed by atoms with van der Waals surface area (Å²) in [6.45, 7) is 0. The van der Waals surface area contributed by atoms with Crippen molar-refractivity contribution in [2.75, 3.05) is 0 Å². The molecule has 1 heterocycles. The van der Waals surface area contributed by atoms with Crippen molar-refractivity contribution < 1.29 is 4.39 Å². The van der Waals surface area contributed by atoms with Gasteiger partial charge in [-0.05, 0) is 0 Å². The number of H-pyrrole nitrogens is 1. The third-order valence-corrected chi connectivity index (χ3v) is 0.862. The highest BCUT2D eigenvalue weighted by Gasteiger charge is 1.82. The summed E-state index contributed by atoms with van der Waals surface area (Å²) >= 11 is 4.59. The molecule has 0 radical (unpaired) electrons. The minimum Gasteiger partial charge on any atom is -0.348 e. The van der Waals surface area contributed by atoms with Crippen LogP contribution < -0.4 is 0 Å². The Morgan fingerprint density at radius 1 is 1.75 bits per heavy atom. The highest BCUT2D eigenvalue weighted by Crippen LogP contribution is 1.85. The first-order chi connectivity index (χ1) is 3.79. The van der Waals surface area contributed by atoms with Crippen LogP contribution in [0.25, 0.3) is 0 Å². The smallest absolute Gasteiger partial charge is 0.229 e. The van der Waals surface area contributed by atoms with E-state index in [2.05, 4.69) is 22.2 Å². The molecule has 0 aromatic carbocycles. The number of aromatic nitrogens is 2. The van der Waals surface area contributed by atoms with Gasteiger partial charge in [0.1, 0.15) is 4.64 Å². The van der Waals surface area contributed by atoms with Crippen LogP contribution in [0, 0.1) is 10.6 Å². The molecule has 0 saturated carbocycles. The number of aromatic amines is 1. The molecule has 4 heteroatoms. The molecule has 0 saturated heterocycles. The van der Waals surface area contributed by atoms with Crippen molar-refractivity contribution in [1.82, 2.24) is 9.97 Å². The number of hydrogen-bond donors (Lipinski definition) is 1. The van der Waals surface area contributed by atoms with Crippen LogP contribution in [-0.4, -0.2) is 9.97 Å². The topological polar surface area (TPSA) is 28.7 Å². The summed E-state index contributed by atoms with van der Waals surface area (Å²) < 4.78 is 12.3. The minimum atomic E-state index is -0.543. The van der Waals surface area contributed by atoms with Crippen molar-refractivity contribution in [2.45, 2.75) is 0 Å². The zero-order valence-corrected chi connectivity index (χ0v) is 4.70. The van der Waals surface area contributed by atoms with Gasteiger partial charge < -0.3 is 4.98 Å². The molecule has 0 bridgehead atoms. The Labute approximate surface area is 50.4 Å². The van der Waals surface area contributed by atoms with Crippen LogP contribution in [0.15, 0.2) is 12.4 Å². The maximum Gasteiger partial charge on any atom is 0.229 e. The number of rotatable bonds is 0. The van der Waals surface area contributed by atoms with Gasteiger partial charge in [-0.1, -0.05) is 12.2 Å². The van der Waals surface area contributed by atoms with E-state index in [9.17, 15) is 4.39 Å². The van der Waals surface area contributed by atoms with Crippen molar-refractivity contribution in [3.8, 4) is 0 Å². The first-order valence-corrected chi connectivity index (χ1v) is 2.40. The van der Waals surface area contributed by atoms with Crippen LogP contribution in [0.5, 0.6) is 0 Å². The largest absolute Gasteiger partial charge is 0.348 e. The quantitative estimate of drug-likeness (QED) is 0.536. The van der Waals surface area contributed by atoms with E-state index in [1.165, 1.54) is 6.20 Å². The Balaban J connectivity index is 3.22. The number of halogens is 1. The van der Waals surface area contributed by atoms with Gasteiger partial charge in [0.15, 0.2) is 0 Å². The van der Waals surface area contributed by atoms with Gasteiger partial charge in [0.05, 0.1) is 12.4 Å². The Kier molecular flexibility index (Phi) is 1.34. The molecule has 1 rings (SSSR count). The van der Waals surface area contributed by atoms with Gasteiger partial charge in [0.25, 0.3) is 0 Å². The van der Waals surface area contributed by atoms with Crippen LogP contribution in [-0.2, 0) is 0 Å². The molecule has 0 amide bonds. The van der Waals surface area contributed by atoms with Crippen molar-refractivity contribution in [3.63, 3.8) is 0 Å². The molecule has 1 aromatic rings. The lowest BCUT2D eigenvalue weighted by molar-refractivity contribution is 0.576. The van der Waals surface area contributed by atoms with E-state index in [4.69, 9.17) is 0 Å². The Morgan fingerprint density at radius 2 is 2.50 bits per heavy atom. The van der Waals surface area contributed by atoms with Gasteiger partial charge in [0, 0.05) is 0 Å². The fourth-order valence-corrected chi connectivity index (χ4v) is 0.437. The average molecular weight is 130 g/mol. The van der Waals surface area contributed by atoms with Crippen LogP contribution in [0.4, 0.5) is 4.39 Å². The first kappa shape index (κ1) is 5.37. The molecule has 0 aliphatic heterocycles. The first-order valence-electron chi connectivity index (χ1n) is 1.99. The van der Waals surface area contributed by atoms with E-state index in [0.717, 1.165) is 6.20 Å². The molecule has 1 aromatic heterocycles. The van der Waals surface area contributed by atoms with Crippen molar-refractivity contribution in [1.29, 1.82) is 0 Å². The van der Waals surface area contributed by atoms with Crippen molar-refractivity contribution in [2.24, 2.45) is 0 Å². The molecule has 0 spiro atoms. The van der Waals surface area contributed by atoms with Crippen molar-refractivity contribution >= 4 is 12.2 Å². The lowest BCUT2D eigenvalue weighted by Gasteiger charge is -1.81. The fourth-order valence-electron chi connectivity index (χ4n) is 0.326. The molecular formula is C4H3FN2S. The van der Waals surface area contributed by atoms with Gasteiger partial charge in [-0.3, -0.25) is 0 Å². The molecule has 2 nitrogen and oxygen atoms in total. The monoisotopic (exact) mass is 130 g/mol. The zero-order chi connectivity index (χ0) is 5.98. The second-order valence-corrected chi connectivity index (χ2v) is 1.67. The van der Waals surface area contributed by atoms with E-state index in [-0.39, 0.29) is 0 Å². The molecule has 0 fully saturated rings. The number of nitrogens with one attached hydrogen (secondary N) is 1. The summed E-state index contributed by atoms with van der Waals surface area (Å²) in [4.78, 5) is 5.75. The van der Waals surface area contributed by atoms with E-state index in [0.29, 0.717) is 4.64 Å². The van der Waals surface area contributed by atoms with E-state index < -0.39 is 5.95 Å². The van der Waals surface area contributed by atoms with E-state index in [1.54, 1.807) is 0 Å². The molecule has 0 aliphatic carbocycles. The molecule has 0 aliphatic rings. The maximum absolute atomic E-state index is 11.9. The highest BCUT2D eigenvalue weighted by atomic mass is 32.1. The molecule has 0 unspecified atom stereocenters. The van der Waals surface area contributed by atoms with Gasteiger partial charge >= 0.3 is 0 Å². The number of nitrogens with zero attached hydrogens (tertiary/aromatic N) is 1. The van der Waals surface area contributed by atoms with Gasteiger partial charge in [0.2, 0.25) is 5.95 Å². The minimum absolute atomic E-state index is 0.436. The predicted octanol–water partition coefficient (Wildman–Crippen LogP) is 1.28. The van der Waals surface area contributed by atoms with Crippen LogP contribution in [0.3, 0.4) is 0 Å². The summed E-state index contributed by atoms with van der Waals surface area (Å²) in [7, 11) is 0. The normalized spacial score (nSPS) is 9.12. The Hall–Kier alpha value is -0.770. The third-order valence-electron chi connectivity index (χ3n) is 0.639. The standard InChI is InChI=1S/C4H3FN2S/c5-3-1-7-4(8)2-6-3/h1-2H,(H,7,8). The lowest BCUT2D eigenvalue weighted by atomic mass is 10.7. The fraction of sp³-hybridized carbons (Fsp3) is 0. The summed E-state index contributed by atoms with van der Waals surface area (Å²) in [6.07, 6.45) is 2.37. The van der Waals surface area contributed by atoms with E-state index in [1.807, 2.05) is 0 Å². The summed E-state index contributed by atoms with van der Waals surface area (Å²) in [5.41, 5.74) is 0. The second-order valence-electron chi connectivity index (χ2n) is 1.23. The summed E-state index contributed by atoms with van der Waals surface area (Å²) in [5, 5.41) is 0. The van der Waals surface area contributed by atoms with Gasteiger partial charge in [-0.15, -0.1) is 0 Å². The SMILES string of the molecule is Fc1c[nH]c(=S)cn1. The maximum atomic E-state index is 11.9. The zero-order valence-electron chi connectivity index (χ0n) is 3.89. The van der Waals surface area contributed by atoms with E-state index >= 15 is 0 Å². The lowest BCUT2D eigenvalue weighted by Crippen LogP contribution is -1.81. The second kappa shape index (κ2) is 2.00. The molecular weight excluding hydrogens is 127 g/mol. The summed E-state index contributed by atoms with van der Waals surface area (Å²) in [5.74, 6) is -0.543. The third kappa shape index (κ3) is 1.10. The van der Waals surface area contributed by atoms with Crippen LogP contribution in [0.2, 0.25) is 0 Å². The van der Waals surface area contributed by atoms with Gasteiger partial charge in [-0.2, -0.15) is 4.39 Å². The average Bonchev–Trinajstić information content (AvgIpc) is 1.77. The molecule has 1 N–H and O–H groups in total. The van der Waals surface area contributed by atoms with Crippen LogP contribution >= 0.6 is 12.2 Å². The highest BCUT2D eigenvalue weighted by molar-refractivity contribution is 7.71. The summed E-state index contributed by atoms with van der Waals surface area (Å²) in [6, 6.07) is 0. The van der Waals surface area contributed by atoms with Crippen LogP contribution in [0.1, 0.15) is 0 Å². The van der Waals surface area contributed by atoms with Gasteiger partial charge in [-0.25, -0.2) is 4.98 Å². The predicted molar refractivity (Wildman–Crippen MR) is 29.4 cm³/mol. The van der Waals surface area contributed by atoms with Crippen molar-refractivity contribution in [3.05, 3.63) is 23.0 Å². The Bertz CT molecular complexity index is 211. The molecule has 42 valence electrons.